The van der Waals surface area contributed by atoms with Crippen LogP contribution in [0.15, 0.2) is 58.7 Å². The Bertz CT molecular complexity index is 1400. The summed E-state index contributed by atoms with van der Waals surface area (Å²) in [7, 11) is 1.55. The molecule has 0 spiro atoms. The molecule has 32 heavy (non-hydrogen) atoms. The summed E-state index contributed by atoms with van der Waals surface area (Å²) in [6.45, 7) is 1.85. The number of ether oxygens (including phenoxy) is 1. The van der Waals surface area contributed by atoms with Gasteiger partial charge in [0, 0.05) is 18.0 Å². The molecule has 0 saturated carbocycles. The summed E-state index contributed by atoms with van der Waals surface area (Å²) in [6, 6.07) is 12.9. The predicted octanol–water partition coefficient (Wildman–Crippen LogP) is 4.23. The Morgan fingerprint density at radius 2 is 1.94 bits per heavy atom. The molecule has 9 heteroatoms. The Balaban J connectivity index is 1.77. The first-order valence-corrected chi connectivity index (χ1v) is 10.6. The molecule has 1 N–H and O–H groups in total. The number of esters is 1. The van der Waals surface area contributed by atoms with E-state index < -0.39 is 28.8 Å². The molecule has 7 nitrogen and oxygen atoms in total. The molecular weight excluding hydrogens is 433 g/mol. The first-order valence-electron chi connectivity index (χ1n) is 9.72. The fraction of sp³-hybridized carbons (Fsp3) is 0.130. The number of hydrogen-bond acceptors (Lipinski definition) is 6. The lowest BCUT2D eigenvalue weighted by atomic mass is 10.0. The largest absolute Gasteiger partial charge is 0.462 e. The third-order valence-corrected chi connectivity index (χ3v) is 5.71. The highest BCUT2D eigenvalue weighted by atomic mass is 32.1. The van der Waals surface area contributed by atoms with Crippen molar-refractivity contribution in [3.8, 4) is 11.1 Å². The fourth-order valence-corrected chi connectivity index (χ4v) is 4.30. The molecule has 0 radical (unpaired) electrons. The van der Waals surface area contributed by atoms with E-state index in [-0.39, 0.29) is 22.6 Å². The van der Waals surface area contributed by atoms with Crippen LogP contribution >= 0.6 is 11.3 Å². The molecule has 2 heterocycles. The third kappa shape index (κ3) is 3.90. The number of anilines is 1. The number of thiophene rings is 1. The van der Waals surface area contributed by atoms with E-state index in [1.807, 2.05) is 30.3 Å². The average Bonchev–Trinajstić information content (AvgIpc) is 3.20. The standard InChI is InChI=1S/C23H18FN3O4S/c1-3-31-23(30)18-16(13-7-5-4-6-8-13)12-32-22(18)25-21(29)19-20(28)15-11-14(24)9-10-17(15)27(2)26-19/h4-12H,3H2,1-2H3,(H,25,29). The van der Waals surface area contributed by atoms with E-state index in [1.54, 1.807) is 19.4 Å². The van der Waals surface area contributed by atoms with E-state index in [1.165, 1.54) is 16.8 Å². The van der Waals surface area contributed by atoms with Crippen LogP contribution in [-0.2, 0) is 11.8 Å². The summed E-state index contributed by atoms with van der Waals surface area (Å²) in [5.74, 6) is -1.99. The third-order valence-electron chi connectivity index (χ3n) is 4.81. The quantitative estimate of drug-likeness (QED) is 0.459. The number of benzene rings is 2. The van der Waals surface area contributed by atoms with Crippen molar-refractivity contribution in [2.75, 3.05) is 11.9 Å². The molecule has 1 amide bonds. The average molecular weight is 451 g/mol. The molecule has 0 unspecified atom stereocenters. The van der Waals surface area contributed by atoms with E-state index in [0.717, 1.165) is 23.0 Å². The van der Waals surface area contributed by atoms with Crippen LogP contribution in [0.5, 0.6) is 0 Å². The number of amides is 1. The summed E-state index contributed by atoms with van der Waals surface area (Å²) in [4.78, 5) is 38.5. The molecule has 4 rings (SSSR count). The molecular formula is C23H18FN3O4S. The summed E-state index contributed by atoms with van der Waals surface area (Å²) in [6.07, 6.45) is 0. The second-order valence-corrected chi connectivity index (χ2v) is 7.74. The first-order chi connectivity index (χ1) is 15.4. The molecule has 0 atom stereocenters. The number of carbonyl (C=O) groups excluding carboxylic acids is 2. The molecule has 0 aliphatic rings. The van der Waals surface area contributed by atoms with Gasteiger partial charge in [-0.15, -0.1) is 11.3 Å². The summed E-state index contributed by atoms with van der Waals surface area (Å²) < 4.78 is 20.2. The number of fused-ring (bicyclic) bond motifs is 1. The Hall–Kier alpha value is -3.85. The van der Waals surface area contributed by atoms with E-state index >= 15 is 0 Å². The zero-order valence-electron chi connectivity index (χ0n) is 17.2. The fourth-order valence-electron chi connectivity index (χ4n) is 3.35. The second kappa shape index (κ2) is 8.72. The maximum Gasteiger partial charge on any atom is 0.341 e. The van der Waals surface area contributed by atoms with E-state index in [4.69, 9.17) is 4.74 Å². The van der Waals surface area contributed by atoms with Gasteiger partial charge in [0.25, 0.3) is 5.91 Å². The molecule has 162 valence electrons. The lowest BCUT2D eigenvalue weighted by Crippen LogP contribution is -2.26. The zero-order chi connectivity index (χ0) is 22.8. The number of aryl methyl sites for hydroxylation is 1. The van der Waals surface area contributed by atoms with Crippen LogP contribution in [0, 0.1) is 5.82 Å². The van der Waals surface area contributed by atoms with Gasteiger partial charge in [-0.2, -0.15) is 5.10 Å². The van der Waals surface area contributed by atoms with Gasteiger partial charge in [-0.05, 0) is 30.7 Å². The van der Waals surface area contributed by atoms with Crippen LogP contribution in [0.1, 0.15) is 27.8 Å². The smallest absolute Gasteiger partial charge is 0.341 e. The molecule has 4 aromatic rings. The molecule has 0 bridgehead atoms. The van der Waals surface area contributed by atoms with E-state index in [9.17, 15) is 18.8 Å². The van der Waals surface area contributed by atoms with Crippen molar-refractivity contribution >= 4 is 39.1 Å². The van der Waals surface area contributed by atoms with Gasteiger partial charge >= 0.3 is 5.97 Å². The number of carbonyl (C=O) groups is 2. The van der Waals surface area contributed by atoms with Crippen molar-refractivity contribution in [3.63, 3.8) is 0 Å². The highest BCUT2D eigenvalue weighted by Gasteiger charge is 2.25. The second-order valence-electron chi connectivity index (χ2n) is 6.86. The highest BCUT2D eigenvalue weighted by Crippen LogP contribution is 2.36. The van der Waals surface area contributed by atoms with Crippen molar-refractivity contribution in [1.29, 1.82) is 0 Å². The maximum absolute atomic E-state index is 13.7. The van der Waals surface area contributed by atoms with Crippen LogP contribution in [0.3, 0.4) is 0 Å². The van der Waals surface area contributed by atoms with Crippen molar-refractivity contribution in [3.05, 3.63) is 81.2 Å². The summed E-state index contributed by atoms with van der Waals surface area (Å²) in [5.41, 5.74) is 0.860. The number of hydrogen-bond donors (Lipinski definition) is 1. The van der Waals surface area contributed by atoms with Crippen molar-refractivity contribution in [2.45, 2.75) is 6.92 Å². The van der Waals surface area contributed by atoms with Crippen molar-refractivity contribution in [2.24, 2.45) is 7.05 Å². The van der Waals surface area contributed by atoms with E-state index in [2.05, 4.69) is 10.4 Å². The van der Waals surface area contributed by atoms with Gasteiger partial charge in [0.1, 0.15) is 16.4 Å². The minimum Gasteiger partial charge on any atom is -0.462 e. The number of halogens is 1. The molecule has 0 saturated heterocycles. The van der Waals surface area contributed by atoms with Crippen LogP contribution in [0.25, 0.3) is 22.0 Å². The van der Waals surface area contributed by atoms with Crippen LogP contribution < -0.4 is 10.7 Å². The summed E-state index contributed by atoms with van der Waals surface area (Å²) >= 11 is 1.13. The SMILES string of the molecule is CCOC(=O)c1c(-c2ccccc2)csc1NC(=O)c1nn(C)c2ccc(F)cc2c1=O. The number of rotatable bonds is 5. The van der Waals surface area contributed by atoms with Gasteiger partial charge in [0.05, 0.1) is 17.5 Å². The lowest BCUT2D eigenvalue weighted by Gasteiger charge is -2.10. The normalized spacial score (nSPS) is 10.8. The van der Waals surface area contributed by atoms with E-state index in [0.29, 0.717) is 11.1 Å². The zero-order valence-corrected chi connectivity index (χ0v) is 18.0. The van der Waals surface area contributed by atoms with Gasteiger partial charge in [-0.25, -0.2) is 9.18 Å². The van der Waals surface area contributed by atoms with Crippen LogP contribution in [0.2, 0.25) is 0 Å². The predicted molar refractivity (Wildman–Crippen MR) is 121 cm³/mol. The molecule has 0 aliphatic heterocycles. The number of nitrogens with one attached hydrogen (secondary N) is 1. The van der Waals surface area contributed by atoms with Gasteiger partial charge < -0.3 is 10.1 Å². The monoisotopic (exact) mass is 451 g/mol. The summed E-state index contributed by atoms with van der Waals surface area (Å²) in [5, 5.41) is 8.68. The number of nitrogens with zero attached hydrogens (tertiary/aromatic N) is 2. The Morgan fingerprint density at radius 1 is 1.19 bits per heavy atom. The van der Waals surface area contributed by atoms with Gasteiger partial charge in [0.15, 0.2) is 5.69 Å². The topological polar surface area (TPSA) is 90.3 Å². The Morgan fingerprint density at radius 3 is 2.66 bits per heavy atom. The molecule has 0 fully saturated rings. The van der Waals surface area contributed by atoms with Crippen LogP contribution in [0.4, 0.5) is 9.39 Å². The molecule has 2 aromatic carbocycles. The number of aromatic nitrogens is 2. The first kappa shape index (κ1) is 21.4. The van der Waals surface area contributed by atoms with Crippen molar-refractivity contribution in [1.82, 2.24) is 9.78 Å². The Kier molecular flexibility index (Phi) is 5.83. The van der Waals surface area contributed by atoms with Gasteiger partial charge in [-0.3, -0.25) is 14.3 Å². The van der Waals surface area contributed by atoms with Gasteiger partial charge in [-0.1, -0.05) is 30.3 Å². The lowest BCUT2D eigenvalue weighted by molar-refractivity contribution is 0.0529. The Labute approximate surface area is 186 Å². The molecule has 2 aromatic heterocycles. The maximum atomic E-state index is 13.7. The minimum atomic E-state index is -0.802. The minimum absolute atomic E-state index is 0.0365. The highest BCUT2D eigenvalue weighted by molar-refractivity contribution is 7.15. The van der Waals surface area contributed by atoms with Gasteiger partial charge in [0.2, 0.25) is 5.43 Å². The van der Waals surface area contributed by atoms with Crippen LogP contribution in [-0.4, -0.2) is 28.3 Å². The molecule has 0 aliphatic carbocycles. The van der Waals surface area contributed by atoms with Crippen molar-refractivity contribution < 1.29 is 18.7 Å².